The fourth-order valence-corrected chi connectivity index (χ4v) is 1.27. The van der Waals surface area contributed by atoms with Crippen molar-refractivity contribution in [2.45, 2.75) is 12.6 Å². The van der Waals surface area contributed by atoms with Crippen LogP contribution < -0.4 is 0 Å². The third-order valence-electron chi connectivity index (χ3n) is 2.31. The van der Waals surface area contributed by atoms with Crippen LogP contribution in [0.2, 0.25) is 0 Å². The fourth-order valence-electron chi connectivity index (χ4n) is 1.27. The lowest BCUT2D eigenvalue weighted by molar-refractivity contribution is -0.141. The van der Waals surface area contributed by atoms with E-state index in [1.54, 1.807) is 0 Å². The summed E-state index contributed by atoms with van der Waals surface area (Å²) in [7, 11) is 1.36. The molecule has 1 rings (SSSR count). The Labute approximate surface area is 106 Å². The maximum atomic E-state index is 12.3. The number of aliphatic carboxylic acids is 1. The largest absolute Gasteiger partial charge is 0.481 e. The highest BCUT2D eigenvalue weighted by Gasteiger charge is 2.32. The maximum Gasteiger partial charge on any atom is 0.433 e. The summed E-state index contributed by atoms with van der Waals surface area (Å²) in [6.45, 7) is -0.0326. The Bertz CT molecular complexity index is 471. The molecule has 0 spiro atoms. The van der Waals surface area contributed by atoms with Gasteiger partial charge in [0.05, 0.1) is 12.0 Å². The highest BCUT2D eigenvalue weighted by molar-refractivity contribution is 5.93. The monoisotopic (exact) mass is 276 g/mol. The van der Waals surface area contributed by atoms with Crippen molar-refractivity contribution in [3.05, 3.63) is 29.6 Å². The van der Waals surface area contributed by atoms with Crippen molar-refractivity contribution in [1.82, 2.24) is 9.88 Å². The summed E-state index contributed by atoms with van der Waals surface area (Å²) in [6.07, 6.45) is -3.98. The molecule has 19 heavy (non-hydrogen) atoms. The van der Waals surface area contributed by atoms with Crippen molar-refractivity contribution in [3.8, 4) is 0 Å². The van der Waals surface area contributed by atoms with Crippen LogP contribution in [0.3, 0.4) is 0 Å². The van der Waals surface area contributed by atoms with E-state index in [4.69, 9.17) is 5.11 Å². The van der Waals surface area contributed by atoms with E-state index in [1.807, 2.05) is 0 Å². The standard InChI is InChI=1S/C11H11F3N2O3/c1-16(5-4-9(17)18)10(19)7-2-3-8(15-6-7)11(12,13)14/h2-3,6H,4-5H2,1H3,(H,17,18). The van der Waals surface area contributed by atoms with Gasteiger partial charge >= 0.3 is 12.1 Å². The zero-order chi connectivity index (χ0) is 14.6. The first kappa shape index (κ1) is 14.9. The highest BCUT2D eigenvalue weighted by Crippen LogP contribution is 2.27. The van der Waals surface area contributed by atoms with Crippen LogP contribution in [0.4, 0.5) is 13.2 Å². The molecular weight excluding hydrogens is 265 g/mol. The van der Waals surface area contributed by atoms with Gasteiger partial charge in [-0.1, -0.05) is 0 Å². The average molecular weight is 276 g/mol. The lowest BCUT2D eigenvalue weighted by atomic mass is 10.2. The van der Waals surface area contributed by atoms with Crippen molar-refractivity contribution in [2.24, 2.45) is 0 Å². The van der Waals surface area contributed by atoms with Crippen molar-refractivity contribution in [3.63, 3.8) is 0 Å². The molecular formula is C11H11F3N2O3. The molecule has 1 heterocycles. The van der Waals surface area contributed by atoms with E-state index in [9.17, 15) is 22.8 Å². The van der Waals surface area contributed by atoms with Crippen LogP contribution in [0.25, 0.3) is 0 Å². The van der Waals surface area contributed by atoms with Gasteiger partial charge in [-0.2, -0.15) is 13.2 Å². The summed E-state index contributed by atoms with van der Waals surface area (Å²) in [5.74, 6) is -1.65. The van der Waals surface area contributed by atoms with E-state index in [-0.39, 0.29) is 18.5 Å². The number of rotatable bonds is 4. The fraction of sp³-hybridized carbons (Fsp3) is 0.364. The molecule has 0 radical (unpaired) electrons. The second-order valence-electron chi connectivity index (χ2n) is 3.80. The van der Waals surface area contributed by atoms with Crippen LogP contribution in [0, 0.1) is 0 Å². The van der Waals surface area contributed by atoms with Crippen LogP contribution in [0.1, 0.15) is 22.5 Å². The predicted molar refractivity (Wildman–Crippen MR) is 58.5 cm³/mol. The molecule has 0 bridgehead atoms. The summed E-state index contributed by atoms with van der Waals surface area (Å²) in [5, 5.41) is 8.47. The van der Waals surface area contributed by atoms with Crippen LogP contribution in [0.15, 0.2) is 18.3 Å². The molecule has 1 N–H and O–H groups in total. The van der Waals surface area contributed by atoms with Gasteiger partial charge in [-0.15, -0.1) is 0 Å². The minimum Gasteiger partial charge on any atom is -0.481 e. The third-order valence-corrected chi connectivity index (χ3v) is 2.31. The number of hydrogen-bond donors (Lipinski definition) is 1. The highest BCUT2D eigenvalue weighted by atomic mass is 19.4. The van der Waals surface area contributed by atoms with Crippen molar-refractivity contribution in [2.75, 3.05) is 13.6 Å². The van der Waals surface area contributed by atoms with Gasteiger partial charge < -0.3 is 10.0 Å². The Kier molecular flexibility index (Phi) is 4.47. The van der Waals surface area contributed by atoms with E-state index in [1.165, 1.54) is 7.05 Å². The molecule has 1 aromatic heterocycles. The minimum absolute atomic E-state index is 0.0270. The van der Waals surface area contributed by atoms with E-state index in [0.717, 1.165) is 17.2 Å². The summed E-state index contributed by atoms with van der Waals surface area (Å²) in [4.78, 5) is 26.3. The lowest BCUT2D eigenvalue weighted by Gasteiger charge is -2.16. The summed E-state index contributed by atoms with van der Waals surface area (Å²) < 4.78 is 36.8. The van der Waals surface area contributed by atoms with Crippen molar-refractivity contribution in [1.29, 1.82) is 0 Å². The van der Waals surface area contributed by atoms with Gasteiger partial charge in [0.25, 0.3) is 5.91 Å². The Morgan fingerprint density at radius 1 is 1.37 bits per heavy atom. The van der Waals surface area contributed by atoms with Gasteiger partial charge in [0, 0.05) is 19.8 Å². The second kappa shape index (κ2) is 5.68. The molecule has 0 aliphatic heterocycles. The maximum absolute atomic E-state index is 12.3. The second-order valence-corrected chi connectivity index (χ2v) is 3.80. The number of pyridine rings is 1. The van der Waals surface area contributed by atoms with Gasteiger partial charge in [0.15, 0.2) is 0 Å². The number of carbonyl (C=O) groups is 2. The molecule has 0 fully saturated rings. The van der Waals surface area contributed by atoms with Crippen molar-refractivity contribution >= 4 is 11.9 Å². The molecule has 104 valence electrons. The van der Waals surface area contributed by atoms with Gasteiger partial charge in [-0.3, -0.25) is 14.6 Å². The number of halogens is 3. The zero-order valence-electron chi connectivity index (χ0n) is 9.94. The molecule has 0 aliphatic carbocycles. The van der Waals surface area contributed by atoms with Gasteiger partial charge in [0.1, 0.15) is 5.69 Å². The van der Waals surface area contributed by atoms with Crippen LogP contribution in [0.5, 0.6) is 0 Å². The Balaban J connectivity index is 2.75. The predicted octanol–water partition coefficient (Wildman–Crippen LogP) is 1.65. The number of carbonyl (C=O) groups excluding carboxylic acids is 1. The first-order valence-electron chi connectivity index (χ1n) is 5.22. The quantitative estimate of drug-likeness (QED) is 0.907. The number of carboxylic acids is 1. The van der Waals surface area contributed by atoms with Crippen LogP contribution >= 0.6 is 0 Å². The molecule has 0 atom stereocenters. The topological polar surface area (TPSA) is 70.5 Å². The number of hydrogen-bond acceptors (Lipinski definition) is 3. The number of carboxylic acid groups (broad SMARTS) is 1. The van der Waals surface area contributed by atoms with E-state index < -0.39 is 23.7 Å². The summed E-state index contributed by atoms with van der Waals surface area (Å²) >= 11 is 0. The normalized spacial score (nSPS) is 11.2. The lowest BCUT2D eigenvalue weighted by Crippen LogP contribution is -2.29. The Hall–Kier alpha value is -2.12. The zero-order valence-corrected chi connectivity index (χ0v) is 9.94. The molecule has 8 heteroatoms. The summed E-state index contributed by atoms with van der Waals surface area (Å²) in [5.41, 5.74) is -1.11. The number of amides is 1. The smallest absolute Gasteiger partial charge is 0.433 e. The number of alkyl halides is 3. The average Bonchev–Trinajstić information content (AvgIpc) is 2.34. The summed E-state index contributed by atoms with van der Waals surface area (Å²) in [6, 6.07) is 1.72. The Morgan fingerprint density at radius 3 is 2.42 bits per heavy atom. The molecule has 0 aromatic carbocycles. The number of aromatic nitrogens is 1. The minimum atomic E-state index is -4.56. The van der Waals surface area contributed by atoms with Gasteiger partial charge in [-0.05, 0) is 12.1 Å². The molecule has 1 aromatic rings. The van der Waals surface area contributed by atoms with Gasteiger partial charge in [0.2, 0.25) is 0 Å². The SMILES string of the molecule is CN(CCC(=O)O)C(=O)c1ccc(C(F)(F)F)nc1. The van der Waals surface area contributed by atoms with E-state index >= 15 is 0 Å². The Morgan fingerprint density at radius 2 is 2.00 bits per heavy atom. The van der Waals surface area contributed by atoms with E-state index in [2.05, 4.69) is 4.98 Å². The van der Waals surface area contributed by atoms with Crippen LogP contribution in [-0.4, -0.2) is 40.5 Å². The van der Waals surface area contributed by atoms with Gasteiger partial charge in [-0.25, -0.2) is 0 Å². The molecule has 1 amide bonds. The molecule has 0 aliphatic rings. The van der Waals surface area contributed by atoms with E-state index in [0.29, 0.717) is 6.07 Å². The number of nitrogens with zero attached hydrogens (tertiary/aromatic N) is 2. The first-order chi connectivity index (χ1) is 8.71. The molecule has 0 saturated carbocycles. The van der Waals surface area contributed by atoms with Crippen LogP contribution in [-0.2, 0) is 11.0 Å². The first-order valence-corrected chi connectivity index (χ1v) is 5.22. The molecule has 0 unspecified atom stereocenters. The molecule has 0 saturated heterocycles. The van der Waals surface area contributed by atoms with Crippen molar-refractivity contribution < 1.29 is 27.9 Å². The third kappa shape index (κ3) is 4.23. The molecule has 5 nitrogen and oxygen atoms in total.